The largest absolute Gasteiger partial charge is 0.369 e. The van der Waals surface area contributed by atoms with E-state index in [9.17, 15) is 0 Å². The van der Waals surface area contributed by atoms with Gasteiger partial charge in [0.1, 0.15) is 0 Å². The van der Waals surface area contributed by atoms with E-state index in [0.717, 1.165) is 0 Å². The van der Waals surface area contributed by atoms with E-state index in [1.807, 2.05) is 0 Å². The van der Waals surface area contributed by atoms with E-state index < -0.39 is 0 Å². The molecule has 0 saturated carbocycles. The maximum atomic E-state index is 5.98. The van der Waals surface area contributed by atoms with Crippen molar-refractivity contribution in [3.8, 4) is 0 Å². The van der Waals surface area contributed by atoms with Gasteiger partial charge in [-0.1, -0.05) is 13.3 Å². The Morgan fingerprint density at radius 3 is 2.18 bits per heavy atom. The van der Waals surface area contributed by atoms with Gasteiger partial charge in [-0.15, -0.1) is 0 Å². The van der Waals surface area contributed by atoms with Gasteiger partial charge in [0.2, 0.25) is 0 Å². The Kier molecular flexibility index (Phi) is 2.29. The Morgan fingerprint density at radius 2 is 1.82 bits per heavy atom. The predicted octanol–water partition coefficient (Wildman–Crippen LogP) is 3.13. The molecule has 0 N–H and O–H groups in total. The summed E-state index contributed by atoms with van der Waals surface area (Å²) in [5, 5.41) is 0. The van der Waals surface area contributed by atoms with E-state index in [1.54, 1.807) is 0 Å². The molecule has 1 nitrogen and oxygen atoms in total. The first kappa shape index (κ1) is 9.05. The van der Waals surface area contributed by atoms with Gasteiger partial charge < -0.3 is 4.74 Å². The standard InChI is InChI=1S/C10H20O/c1-5-6-10(4)8-7-9(2,3)11-10/h5-8H2,1-4H3. The first-order valence-electron chi connectivity index (χ1n) is 4.68. The van der Waals surface area contributed by atoms with Gasteiger partial charge in [-0.3, -0.25) is 0 Å². The van der Waals surface area contributed by atoms with Crippen LogP contribution in [0, 0.1) is 0 Å². The second-order valence-electron chi connectivity index (χ2n) is 4.56. The van der Waals surface area contributed by atoms with Gasteiger partial charge in [-0.05, 0) is 40.0 Å². The molecule has 0 aromatic carbocycles. The van der Waals surface area contributed by atoms with Gasteiger partial charge in [-0.25, -0.2) is 0 Å². The molecule has 0 aliphatic carbocycles. The van der Waals surface area contributed by atoms with E-state index in [0.29, 0.717) is 0 Å². The van der Waals surface area contributed by atoms with E-state index in [4.69, 9.17) is 4.74 Å². The van der Waals surface area contributed by atoms with Crippen LogP contribution in [0.4, 0.5) is 0 Å². The normalized spacial score (nSPS) is 36.0. The zero-order valence-electron chi connectivity index (χ0n) is 8.24. The lowest BCUT2D eigenvalue weighted by atomic mass is 9.95. The van der Waals surface area contributed by atoms with Crippen molar-refractivity contribution in [1.82, 2.24) is 0 Å². The highest BCUT2D eigenvalue weighted by Gasteiger charge is 2.39. The van der Waals surface area contributed by atoms with Gasteiger partial charge in [0.15, 0.2) is 0 Å². The van der Waals surface area contributed by atoms with Crippen LogP contribution in [0.1, 0.15) is 53.4 Å². The van der Waals surface area contributed by atoms with Crippen LogP contribution in [-0.2, 0) is 4.74 Å². The smallest absolute Gasteiger partial charge is 0.0662 e. The van der Waals surface area contributed by atoms with E-state index in [1.165, 1.54) is 25.7 Å². The molecule has 1 fully saturated rings. The molecule has 1 aliphatic heterocycles. The minimum Gasteiger partial charge on any atom is -0.369 e. The number of hydrogen-bond donors (Lipinski definition) is 0. The van der Waals surface area contributed by atoms with Crippen LogP contribution in [0.25, 0.3) is 0 Å². The van der Waals surface area contributed by atoms with Crippen molar-refractivity contribution in [2.24, 2.45) is 0 Å². The summed E-state index contributed by atoms with van der Waals surface area (Å²) < 4.78 is 5.98. The summed E-state index contributed by atoms with van der Waals surface area (Å²) in [4.78, 5) is 0. The van der Waals surface area contributed by atoms with Crippen molar-refractivity contribution in [1.29, 1.82) is 0 Å². The maximum absolute atomic E-state index is 5.98. The third-order valence-corrected chi connectivity index (χ3v) is 2.56. The van der Waals surface area contributed by atoms with Crippen molar-refractivity contribution >= 4 is 0 Å². The highest BCUT2D eigenvalue weighted by atomic mass is 16.5. The Balaban J connectivity index is 2.51. The molecule has 0 amide bonds. The highest BCUT2D eigenvalue weighted by molar-refractivity contribution is 4.89. The molecule has 1 aliphatic rings. The van der Waals surface area contributed by atoms with Crippen molar-refractivity contribution in [3.63, 3.8) is 0 Å². The Labute approximate surface area is 70.1 Å². The summed E-state index contributed by atoms with van der Waals surface area (Å²) in [6, 6.07) is 0. The Bertz CT molecular complexity index is 140. The first-order chi connectivity index (χ1) is 4.97. The molecule has 0 aromatic heterocycles. The van der Waals surface area contributed by atoms with E-state index in [-0.39, 0.29) is 11.2 Å². The van der Waals surface area contributed by atoms with Crippen LogP contribution in [0.3, 0.4) is 0 Å². The molecular weight excluding hydrogens is 136 g/mol. The summed E-state index contributed by atoms with van der Waals surface area (Å²) in [6.07, 6.45) is 4.88. The van der Waals surface area contributed by atoms with Crippen molar-refractivity contribution < 1.29 is 4.74 Å². The number of ether oxygens (including phenoxy) is 1. The molecule has 1 rings (SSSR count). The summed E-state index contributed by atoms with van der Waals surface area (Å²) in [5.41, 5.74) is 0.308. The van der Waals surface area contributed by atoms with Gasteiger partial charge in [0.05, 0.1) is 11.2 Å². The Morgan fingerprint density at radius 1 is 1.18 bits per heavy atom. The lowest BCUT2D eigenvalue weighted by molar-refractivity contribution is -0.0791. The maximum Gasteiger partial charge on any atom is 0.0662 e. The van der Waals surface area contributed by atoms with Crippen LogP contribution < -0.4 is 0 Å². The molecule has 0 aromatic rings. The monoisotopic (exact) mass is 156 g/mol. The second kappa shape index (κ2) is 2.78. The van der Waals surface area contributed by atoms with Crippen molar-refractivity contribution in [3.05, 3.63) is 0 Å². The molecule has 1 unspecified atom stereocenters. The molecule has 1 heterocycles. The molecule has 0 spiro atoms. The average molecular weight is 156 g/mol. The van der Waals surface area contributed by atoms with Gasteiger partial charge in [0.25, 0.3) is 0 Å². The fourth-order valence-electron chi connectivity index (χ4n) is 2.04. The second-order valence-corrected chi connectivity index (χ2v) is 4.56. The third-order valence-electron chi connectivity index (χ3n) is 2.56. The number of hydrogen-bond acceptors (Lipinski definition) is 1. The molecular formula is C10H20O. The summed E-state index contributed by atoms with van der Waals surface area (Å²) >= 11 is 0. The minimum atomic E-state index is 0.129. The SMILES string of the molecule is CCCC1(C)CCC(C)(C)O1. The number of rotatable bonds is 2. The molecule has 1 heteroatoms. The molecule has 66 valence electrons. The lowest BCUT2D eigenvalue weighted by Crippen LogP contribution is -2.28. The summed E-state index contributed by atoms with van der Waals surface area (Å²) in [7, 11) is 0. The summed E-state index contributed by atoms with van der Waals surface area (Å²) in [5.74, 6) is 0. The minimum absolute atomic E-state index is 0.129. The third kappa shape index (κ3) is 2.19. The molecule has 1 atom stereocenters. The van der Waals surface area contributed by atoms with E-state index in [2.05, 4.69) is 27.7 Å². The van der Waals surface area contributed by atoms with Crippen LogP contribution in [0.5, 0.6) is 0 Å². The van der Waals surface area contributed by atoms with E-state index >= 15 is 0 Å². The fraction of sp³-hybridized carbons (Fsp3) is 1.00. The van der Waals surface area contributed by atoms with Gasteiger partial charge in [0, 0.05) is 0 Å². The summed E-state index contributed by atoms with van der Waals surface area (Å²) in [6.45, 7) is 8.84. The fourth-order valence-corrected chi connectivity index (χ4v) is 2.04. The lowest BCUT2D eigenvalue weighted by Gasteiger charge is -2.27. The zero-order valence-corrected chi connectivity index (χ0v) is 8.24. The molecule has 1 saturated heterocycles. The molecule has 0 radical (unpaired) electrons. The average Bonchev–Trinajstić information content (AvgIpc) is 2.07. The molecule has 0 bridgehead atoms. The van der Waals surface area contributed by atoms with Crippen LogP contribution >= 0.6 is 0 Å². The van der Waals surface area contributed by atoms with Crippen molar-refractivity contribution in [2.75, 3.05) is 0 Å². The van der Waals surface area contributed by atoms with Crippen LogP contribution in [0.15, 0.2) is 0 Å². The zero-order chi connectivity index (χ0) is 8.54. The van der Waals surface area contributed by atoms with Crippen LogP contribution in [-0.4, -0.2) is 11.2 Å². The Hall–Kier alpha value is -0.0400. The highest BCUT2D eigenvalue weighted by Crippen LogP contribution is 2.39. The topological polar surface area (TPSA) is 9.23 Å². The van der Waals surface area contributed by atoms with Gasteiger partial charge in [-0.2, -0.15) is 0 Å². The molecule has 11 heavy (non-hydrogen) atoms. The predicted molar refractivity (Wildman–Crippen MR) is 47.7 cm³/mol. The quantitative estimate of drug-likeness (QED) is 0.597. The van der Waals surface area contributed by atoms with Gasteiger partial charge >= 0.3 is 0 Å². The van der Waals surface area contributed by atoms with Crippen molar-refractivity contribution in [2.45, 2.75) is 64.6 Å². The first-order valence-corrected chi connectivity index (χ1v) is 4.68. The van der Waals surface area contributed by atoms with Crippen LogP contribution in [0.2, 0.25) is 0 Å².